The van der Waals surface area contributed by atoms with Gasteiger partial charge in [0.05, 0.1) is 5.60 Å². The van der Waals surface area contributed by atoms with Crippen LogP contribution in [0.3, 0.4) is 0 Å². The van der Waals surface area contributed by atoms with Gasteiger partial charge < -0.3 is 14.6 Å². The Labute approximate surface area is 110 Å². The average molecular weight is 301 g/mol. The smallest absolute Gasteiger partial charge is 0.164 e. The third-order valence-corrected chi connectivity index (χ3v) is 3.47. The van der Waals surface area contributed by atoms with Crippen molar-refractivity contribution >= 4 is 15.9 Å². The number of hydrogen-bond acceptors (Lipinski definition) is 3. The number of ether oxygens (including phenoxy) is 2. The van der Waals surface area contributed by atoms with E-state index in [-0.39, 0.29) is 0 Å². The minimum absolute atomic E-state index is 0.562. The molecule has 1 aliphatic heterocycles. The number of halogens is 1. The van der Waals surface area contributed by atoms with E-state index >= 15 is 0 Å². The molecule has 1 heterocycles. The molecule has 2 rings (SSSR count). The van der Waals surface area contributed by atoms with E-state index in [0.29, 0.717) is 13.2 Å². The van der Waals surface area contributed by atoms with Gasteiger partial charge in [-0.05, 0) is 26.3 Å². The van der Waals surface area contributed by atoms with Gasteiger partial charge in [-0.25, -0.2) is 0 Å². The molecular weight excluding hydrogens is 284 g/mol. The molecular formula is C13H17BrO3. The molecule has 1 aromatic rings. The maximum Gasteiger partial charge on any atom is 0.164 e. The van der Waals surface area contributed by atoms with Crippen molar-refractivity contribution in [1.82, 2.24) is 0 Å². The molecule has 1 N–H and O–H groups in total. The topological polar surface area (TPSA) is 38.7 Å². The summed E-state index contributed by atoms with van der Waals surface area (Å²) in [4.78, 5) is 0. The van der Waals surface area contributed by atoms with Crippen LogP contribution in [0.1, 0.15) is 31.9 Å². The summed E-state index contributed by atoms with van der Waals surface area (Å²) in [6.07, 6.45) is 0.796. The summed E-state index contributed by atoms with van der Waals surface area (Å²) in [6, 6.07) is 1.88. The summed E-state index contributed by atoms with van der Waals surface area (Å²) in [5.74, 6) is 1.53. The number of hydrogen-bond donors (Lipinski definition) is 1. The van der Waals surface area contributed by atoms with E-state index in [1.54, 1.807) is 13.8 Å². The molecule has 0 spiro atoms. The molecule has 0 aliphatic carbocycles. The molecule has 0 bridgehead atoms. The molecule has 0 fully saturated rings. The summed E-state index contributed by atoms with van der Waals surface area (Å²) in [5.41, 5.74) is 0.992. The second-order valence-corrected chi connectivity index (χ2v) is 5.50. The van der Waals surface area contributed by atoms with Gasteiger partial charge in [0.2, 0.25) is 0 Å². The third kappa shape index (κ3) is 2.29. The first-order valence-electron chi connectivity index (χ1n) is 5.79. The first-order chi connectivity index (χ1) is 7.95. The Morgan fingerprint density at radius 3 is 2.59 bits per heavy atom. The van der Waals surface area contributed by atoms with Crippen molar-refractivity contribution in [2.24, 2.45) is 0 Å². The summed E-state index contributed by atoms with van der Waals surface area (Å²) < 4.78 is 12.1. The van der Waals surface area contributed by atoms with Gasteiger partial charge in [0, 0.05) is 15.6 Å². The van der Waals surface area contributed by atoms with Crippen molar-refractivity contribution < 1.29 is 14.6 Å². The molecule has 0 aromatic heterocycles. The lowest BCUT2D eigenvalue weighted by Crippen LogP contribution is -2.22. The maximum atomic E-state index is 10.3. The highest BCUT2D eigenvalue weighted by Crippen LogP contribution is 2.44. The predicted octanol–water partition coefficient (Wildman–Crippen LogP) is 3.01. The van der Waals surface area contributed by atoms with E-state index in [1.807, 2.05) is 6.07 Å². The van der Waals surface area contributed by atoms with E-state index in [0.717, 1.165) is 33.5 Å². The van der Waals surface area contributed by atoms with Crippen LogP contribution in [0.2, 0.25) is 0 Å². The second-order valence-electron chi connectivity index (χ2n) is 4.65. The van der Waals surface area contributed by atoms with Gasteiger partial charge in [0.25, 0.3) is 0 Å². The first-order valence-corrected chi connectivity index (χ1v) is 6.58. The van der Waals surface area contributed by atoms with Crippen LogP contribution in [-0.4, -0.2) is 18.3 Å². The predicted molar refractivity (Wildman–Crippen MR) is 69.8 cm³/mol. The zero-order chi connectivity index (χ0) is 12.6. The van der Waals surface area contributed by atoms with E-state index in [1.165, 1.54) is 0 Å². The van der Waals surface area contributed by atoms with Crippen molar-refractivity contribution in [1.29, 1.82) is 0 Å². The summed E-state index contributed by atoms with van der Waals surface area (Å²) >= 11 is 3.51. The number of fused-ring (bicyclic) bond motifs is 1. The van der Waals surface area contributed by atoms with Crippen LogP contribution in [0.25, 0.3) is 0 Å². The van der Waals surface area contributed by atoms with Gasteiger partial charge >= 0.3 is 0 Å². The molecule has 94 valence electrons. The average Bonchev–Trinajstić information content (AvgIpc) is 2.25. The summed E-state index contributed by atoms with van der Waals surface area (Å²) in [6.45, 7) is 6.75. The highest BCUT2D eigenvalue weighted by Gasteiger charge is 2.28. The number of aliphatic hydroxyl groups is 1. The Morgan fingerprint density at radius 2 is 2.00 bits per heavy atom. The molecule has 0 amide bonds. The van der Waals surface area contributed by atoms with Crippen LogP contribution in [0, 0.1) is 0 Å². The Balaban J connectivity index is 2.67. The van der Waals surface area contributed by atoms with Crippen LogP contribution in [0.5, 0.6) is 11.5 Å². The van der Waals surface area contributed by atoms with Gasteiger partial charge in [-0.2, -0.15) is 0 Å². The van der Waals surface area contributed by atoms with Crippen molar-refractivity contribution in [3.63, 3.8) is 0 Å². The fourth-order valence-electron chi connectivity index (χ4n) is 2.22. The van der Waals surface area contributed by atoms with Gasteiger partial charge in [-0.1, -0.05) is 22.9 Å². The quantitative estimate of drug-likeness (QED) is 0.912. The second kappa shape index (κ2) is 4.50. The van der Waals surface area contributed by atoms with E-state index < -0.39 is 5.60 Å². The zero-order valence-corrected chi connectivity index (χ0v) is 11.9. The monoisotopic (exact) mass is 300 g/mol. The Hall–Kier alpha value is -0.740. The minimum Gasteiger partial charge on any atom is -0.486 e. The molecule has 0 radical (unpaired) electrons. The van der Waals surface area contributed by atoms with Gasteiger partial charge in [-0.3, -0.25) is 0 Å². The molecule has 0 saturated carbocycles. The summed E-state index contributed by atoms with van der Waals surface area (Å²) in [7, 11) is 0. The zero-order valence-electron chi connectivity index (χ0n) is 10.3. The van der Waals surface area contributed by atoms with Crippen LogP contribution < -0.4 is 9.47 Å². The molecule has 0 atom stereocenters. The SMILES string of the molecule is CCc1c2c(cc(Br)c1C(C)(C)O)OCCO2. The Morgan fingerprint density at radius 1 is 1.35 bits per heavy atom. The maximum absolute atomic E-state index is 10.3. The molecule has 1 aliphatic rings. The number of rotatable bonds is 2. The standard InChI is InChI=1S/C13H17BrO3/c1-4-8-11(13(2,3)15)9(14)7-10-12(8)17-6-5-16-10/h7,15H,4-6H2,1-3H3. The Kier molecular flexibility index (Phi) is 3.36. The molecule has 3 nitrogen and oxygen atoms in total. The fraction of sp³-hybridized carbons (Fsp3) is 0.538. The van der Waals surface area contributed by atoms with Crippen molar-refractivity contribution in [2.75, 3.05) is 13.2 Å². The molecule has 17 heavy (non-hydrogen) atoms. The largest absolute Gasteiger partial charge is 0.486 e. The van der Waals surface area contributed by atoms with E-state index in [4.69, 9.17) is 9.47 Å². The Bertz CT molecular complexity index is 435. The van der Waals surface area contributed by atoms with Crippen molar-refractivity contribution in [3.8, 4) is 11.5 Å². The van der Waals surface area contributed by atoms with Crippen molar-refractivity contribution in [2.45, 2.75) is 32.8 Å². The van der Waals surface area contributed by atoms with Crippen LogP contribution in [-0.2, 0) is 12.0 Å². The first kappa shape index (κ1) is 12.7. The number of benzene rings is 1. The highest BCUT2D eigenvalue weighted by molar-refractivity contribution is 9.10. The van der Waals surface area contributed by atoms with Crippen molar-refractivity contribution in [3.05, 3.63) is 21.7 Å². The fourth-order valence-corrected chi connectivity index (χ4v) is 3.15. The molecule has 0 saturated heterocycles. The molecule has 1 aromatic carbocycles. The van der Waals surface area contributed by atoms with Crippen LogP contribution in [0.4, 0.5) is 0 Å². The highest BCUT2D eigenvalue weighted by atomic mass is 79.9. The lowest BCUT2D eigenvalue weighted by atomic mass is 9.91. The normalized spacial score (nSPS) is 14.9. The van der Waals surface area contributed by atoms with E-state index in [2.05, 4.69) is 22.9 Å². The van der Waals surface area contributed by atoms with Gasteiger partial charge in [0.15, 0.2) is 11.5 Å². The minimum atomic E-state index is -0.903. The summed E-state index contributed by atoms with van der Waals surface area (Å²) in [5, 5.41) is 10.3. The van der Waals surface area contributed by atoms with Crippen LogP contribution >= 0.6 is 15.9 Å². The molecule has 0 unspecified atom stereocenters. The van der Waals surface area contributed by atoms with E-state index in [9.17, 15) is 5.11 Å². The van der Waals surface area contributed by atoms with Gasteiger partial charge in [-0.15, -0.1) is 0 Å². The molecule has 4 heteroatoms. The van der Waals surface area contributed by atoms with Gasteiger partial charge in [0.1, 0.15) is 13.2 Å². The van der Waals surface area contributed by atoms with Crippen LogP contribution in [0.15, 0.2) is 10.5 Å². The lowest BCUT2D eigenvalue weighted by Gasteiger charge is -2.28. The lowest BCUT2D eigenvalue weighted by molar-refractivity contribution is 0.0756. The third-order valence-electron chi connectivity index (χ3n) is 2.85.